The summed E-state index contributed by atoms with van der Waals surface area (Å²) in [6.07, 6.45) is -3.04. The van der Waals surface area contributed by atoms with Gasteiger partial charge in [-0.25, -0.2) is 0 Å². The minimum atomic E-state index is -4.37. The highest BCUT2D eigenvalue weighted by Gasteiger charge is 2.30. The molecule has 0 saturated heterocycles. The van der Waals surface area contributed by atoms with E-state index in [1.54, 1.807) is 0 Å². The Morgan fingerprint density at radius 2 is 1.88 bits per heavy atom. The van der Waals surface area contributed by atoms with Crippen LogP contribution in [0.3, 0.4) is 0 Å². The number of hydrogen-bond acceptors (Lipinski definition) is 3. The molecular formula is C11H8F3N3. The molecule has 1 aromatic heterocycles. The summed E-state index contributed by atoms with van der Waals surface area (Å²) < 4.78 is 37.5. The number of aromatic nitrogens is 2. The summed E-state index contributed by atoms with van der Waals surface area (Å²) in [5.41, 5.74) is 5.78. The van der Waals surface area contributed by atoms with Crippen LogP contribution in [0, 0.1) is 0 Å². The second-order valence-corrected chi connectivity index (χ2v) is 3.45. The Kier molecular flexibility index (Phi) is 2.71. The number of benzene rings is 1. The SMILES string of the molecule is Nc1cnnc(-c2cccc(C(F)(F)F)c2)c1. The highest BCUT2D eigenvalue weighted by Crippen LogP contribution is 2.31. The normalized spacial score (nSPS) is 11.5. The van der Waals surface area contributed by atoms with Crippen LogP contribution >= 0.6 is 0 Å². The fraction of sp³-hybridized carbons (Fsp3) is 0.0909. The quantitative estimate of drug-likeness (QED) is 0.832. The number of anilines is 1. The van der Waals surface area contributed by atoms with Crippen LogP contribution in [0.15, 0.2) is 36.5 Å². The molecule has 88 valence electrons. The monoisotopic (exact) mass is 239 g/mol. The number of nitrogens with zero attached hydrogens (tertiary/aromatic N) is 2. The molecule has 17 heavy (non-hydrogen) atoms. The highest BCUT2D eigenvalue weighted by molar-refractivity contribution is 5.62. The van der Waals surface area contributed by atoms with Crippen molar-refractivity contribution in [3.63, 3.8) is 0 Å². The van der Waals surface area contributed by atoms with Gasteiger partial charge in [0.15, 0.2) is 0 Å². The Labute approximate surface area is 95.1 Å². The van der Waals surface area contributed by atoms with Crippen molar-refractivity contribution in [1.82, 2.24) is 10.2 Å². The predicted octanol–water partition coefficient (Wildman–Crippen LogP) is 2.74. The minimum absolute atomic E-state index is 0.316. The van der Waals surface area contributed by atoms with Gasteiger partial charge >= 0.3 is 6.18 Å². The van der Waals surface area contributed by atoms with Gasteiger partial charge in [-0.05, 0) is 18.2 Å². The molecule has 6 heteroatoms. The lowest BCUT2D eigenvalue weighted by molar-refractivity contribution is -0.137. The molecule has 1 heterocycles. The number of alkyl halides is 3. The third kappa shape index (κ3) is 2.52. The molecular weight excluding hydrogens is 231 g/mol. The van der Waals surface area contributed by atoms with Crippen LogP contribution < -0.4 is 5.73 Å². The second-order valence-electron chi connectivity index (χ2n) is 3.45. The van der Waals surface area contributed by atoms with Crippen molar-refractivity contribution in [3.05, 3.63) is 42.1 Å². The van der Waals surface area contributed by atoms with Crippen LogP contribution in [0.2, 0.25) is 0 Å². The summed E-state index contributed by atoms with van der Waals surface area (Å²) in [6, 6.07) is 6.34. The van der Waals surface area contributed by atoms with Gasteiger partial charge in [0.25, 0.3) is 0 Å². The van der Waals surface area contributed by atoms with Gasteiger partial charge in [0.1, 0.15) is 0 Å². The fourth-order valence-corrected chi connectivity index (χ4v) is 1.38. The molecule has 0 aliphatic rings. The van der Waals surface area contributed by atoms with Crippen LogP contribution in [0.5, 0.6) is 0 Å². The predicted molar refractivity (Wildman–Crippen MR) is 56.9 cm³/mol. The van der Waals surface area contributed by atoms with Crippen LogP contribution in [0.1, 0.15) is 5.56 Å². The Hall–Kier alpha value is -2.11. The lowest BCUT2D eigenvalue weighted by Crippen LogP contribution is -2.04. The summed E-state index contributed by atoms with van der Waals surface area (Å²) in [5, 5.41) is 7.33. The molecule has 0 bridgehead atoms. The van der Waals surface area contributed by atoms with E-state index in [0.29, 0.717) is 16.9 Å². The molecule has 0 unspecified atom stereocenters. The average Bonchev–Trinajstić information content (AvgIpc) is 2.28. The Morgan fingerprint density at radius 3 is 2.53 bits per heavy atom. The van der Waals surface area contributed by atoms with Crippen LogP contribution in [0.4, 0.5) is 18.9 Å². The first-order chi connectivity index (χ1) is 7.97. The highest BCUT2D eigenvalue weighted by atomic mass is 19.4. The van der Waals surface area contributed by atoms with Gasteiger partial charge in [0.05, 0.1) is 23.1 Å². The molecule has 2 aromatic rings. The zero-order chi connectivity index (χ0) is 12.5. The number of nitrogens with two attached hydrogens (primary N) is 1. The third-order valence-corrected chi connectivity index (χ3v) is 2.16. The fourth-order valence-electron chi connectivity index (χ4n) is 1.38. The third-order valence-electron chi connectivity index (χ3n) is 2.16. The summed E-state index contributed by atoms with van der Waals surface area (Å²) in [6.45, 7) is 0. The van der Waals surface area contributed by atoms with E-state index in [4.69, 9.17) is 5.73 Å². The lowest BCUT2D eigenvalue weighted by atomic mass is 10.1. The van der Waals surface area contributed by atoms with Gasteiger partial charge in [0, 0.05) is 5.56 Å². The zero-order valence-electron chi connectivity index (χ0n) is 8.57. The van der Waals surface area contributed by atoms with E-state index >= 15 is 0 Å². The zero-order valence-corrected chi connectivity index (χ0v) is 8.57. The van der Waals surface area contributed by atoms with E-state index in [-0.39, 0.29) is 0 Å². The molecule has 0 aliphatic heterocycles. The van der Waals surface area contributed by atoms with E-state index < -0.39 is 11.7 Å². The van der Waals surface area contributed by atoms with Crippen molar-refractivity contribution in [2.24, 2.45) is 0 Å². The van der Waals surface area contributed by atoms with Gasteiger partial charge in [0.2, 0.25) is 0 Å². The number of halogens is 3. The molecule has 2 N–H and O–H groups in total. The van der Waals surface area contributed by atoms with Crippen LogP contribution in [0.25, 0.3) is 11.3 Å². The smallest absolute Gasteiger partial charge is 0.397 e. The van der Waals surface area contributed by atoms with Crippen LogP contribution in [-0.2, 0) is 6.18 Å². The van der Waals surface area contributed by atoms with E-state index in [0.717, 1.165) is 12.1 Å². The lowest BCUT2D eigenvalue weighted by Gasteiger charge is -2.08. The van der Waals surface area contributed by atoms with E-state index in [2.05, 4.69) is 10.2 Å². The molecule has 0 atom stereocenters. The minimum Gasteiger partial charge on any atom is -0.397 e. The first kappa shape index (κ1) is 11.4. The van der Waals surface area contributed by atoms with Crippen molar-refractivity contribution in [2.75, 3.05) is 5.73 Å². The van der Waals surface area contributed by atoms with E-state index in [1.165, 1.54) is 24.4 Å². The maximum Gasteiger partial charge on any atom is 0.416 e. The van der Waals surface area contributed by atoms with E-state index in [1.807, 2.05) is 0 Å². The van der Waals surface area contributed by atoms with Crippen molar-refractivity contribution in [2.45, 2.75) is 6.18 Å². The van der Waals surface area contributed by atoms with Crippen molar-refractivity contribution in [3.8, 4) is 11.3 Å². The van der Waals surface area contributed by atoms with Gasteiger partial charge in [-0.2, -0.15) is 23.4 Å². The number of hydrogen-bond donors (Lipinski definition) is 1. The topological polar surface area (TPSA) is 51.8 Å². The van der Waals surface area contributed by atoms with Crippen molar-refractivity contribution >= 4 is 5.69 Å². The summed E-state index contributed by atoms with van der Waals surface area (Å²) in [5.74, 6) is 0. The average molecular weight is 239 g/mol. The number of nitrogen functional groups attached to an aromatic ring is 1. The standard InChI is InChI=1S/C11H8F3N3/c12-11(13,14)8-3-1-2-7(4-8)10-5-9(15)6-16-17-10/h1-6H,(H2,15,17). The summed E-state index contributed by atoms with van der Waals surface area (Å²) in [4.78, 5) is 0. The molecule has 0 spiro atoms. The van der Waals surface area contributed by atoms with Gasteiger partial charge < -0.3 is 5.73 Å². The van der Waals surface area contributed by atoms with Gasteiger partial charge in [-0.15, -0.1) is 0 Å². The Morgan fingerprint density at radius 1 is 1.12 bits per heavy atom. The van der Waals surface area contributed by atoms with E-state index in [9.17, 15) is 13.2 Å². The Balaban J connectivity index is 2.47. The molecule has 3 nitrogen and oxygen atoms in total. The largest absolute Gasteiger partial charge is 0.416 e. The molecule has 0 saturated carbocycles. The number of rotatable bonds is 1. The maximum absolute atomic E-state index is 12.5. The molecule has 0 fully saturated rings. The summed E-state index contributed by atoms with van der Waals surface area (Å²) in [7, 11) is 0. The van der Waals surface area contributed by atoms with Gasteiger partial charge in [-0.3, -0.25) is 0 Å². The first-order valence-corrected chi connectivity index (χ1v) is 4.72. The molecule has 1 aromatic carbocycles. The van der Waals surface area contributed by atoms with Crippen molar-refractivity contribution in [1.29, 1.82) is 0 Å². The second kappa shape index (κ2) is 4.04. The van der Waals surface area contributed by atoms with Gasteiger partial charge in [-0.1, -0.05) is 12.1 Å². The Bertz CT molecular complexity index is 537. The molecule has 0 radical (unpaired) electrons. The summed E-state index contributed by atoms with van der Waals surface area (Å²) >= 11 is 0. The molecule has 0 amide bonds. The first-order valence-electron chi connectivity index (χ1n) is 4.72. The van der Waals surface area contributed by atoms with Crippen LogP contribution in [-0.4, -0.2) is 10.2 Å². The maximum atomic E-state index is 12.5. The van der Waals surface area contributed by atoms with Crippen molar-refractivity contribution < 1.29 is 13.2 Å². The molecule has 0 aliphatic carbocycles. The molecule has 2 rings (SSSR count).